The molecule has 0 spiro atoms. The van der Waals surface area contributed by atoms with E-state index in [0.29, 0.717) is 0 Å². The first kappa shape index (κ1) is 9.92. The molecule has 1 saturated heterocycles. The molecule has 0 saturated carbocycles. The average Bonchev–Trinajstić information content (AvgIpc) is 2.08. The van der Waals surface area contributed by atoms with Crippen LogP contribution in [0.25, 0.3) is 0 Å². The fourth-order valence-corrected chi connectivity index (χ4v) is 1.60. The average molecular weight is 175 g/mol. The van der Waals surface area contributed by atoms with Crippen LogP contribution in [0.4, 0.5) is 0 Å². The van der Waals surface area contributed by atoms with Crippen molar-refractivity contribution in [2.75, 3.05) is 0 Å². The standard InChI is InChI=1S/C8H17NO3/c1-3-5-4(2)7(10)6(9)8(11)12-5/h4-8,10-11H,3,9H2,1-2H3/t4-,5?,6?,7?,8+/m0/s1. The van der Waals surface area contributed by atoms with E-state index in [0.717, 1.165) is 6.42 Å². The number of hydrogen-bond acceptors (Lipinski definition) is 4. The number of aliphatic hydroxyl groups is 2. The third kappa shape index (κ3) is 1.61. The zero-order valence-corrected chi connectivity index (χ0v) is 7.47. The highest BCUT2D eigenvalue weighted by molar-refractivity contribution is 4.87. The molecule has 0 bridgehead atoms. The molecule has 0 radical (unpaired) electrons. The van der Waals surface area contributed by atoms with E-state index in [4.69, 9.17) is 10.5 Å². The molecular weight excluding hydrogens is 158 g/mol. The predicted molar refractivity (Wildman–Crippen MR) is 44.3 cm³/mol. The molecule has 1 fully saturated rings. The Morgan fingerprint density at radius 3 is 2.50 bits per heavy atom. The number of ether oxygens (including phenoxy) is 1. The largest absolute Gasteiger partial charge is 0.391 e. The van der Waals surface area contributed by atoms with Crippen molar-refractivity contribution >= 4 is 0 Å². The van der Waals surface area contributed by atoms with E-state index in [1.165, 1.54) is 0 Å². The van der Waals surface area contributed by atoms with E-state index in [1.54, 1.807) is 0 Å². The summed E-state index contributed by atoms with van der Waals surface area (Å²) < 4.78 is 5.20. The summed E-state index contributed by atoms with van der Waals surface area (Å²) in [5.74, 6) is -0.00611. The third-order valence-electron chi connectivity index (χ3n) is 2.57. The van der Waals surface area contributed by atoms with Crippen LogP contribution >= 0.6 is 0 Å². The summed E-state index contributed by atoms with van der Waals surface area (Å²) >= 11 is 0. The van der Waals surface area contributed by atoms with Crippen LogP contribution in [0.15, 0.2) is 0 Å². The summed E-state index contributed by atoms with van der Waals surface area (Å²) in [4.78, 5) is 0. The van der Waals surface area contributed by atoms with Crippen LogP contribution in [-0.4, -0.2) is 34.8 Å². The minimum Gasteiger partial charge on any atom is -0.391 e. The minimum atomic E-state index is -1.03. The molecular formula is C8H17NO3. The molecule has 4 heteroatoms. The van der Waals surface area contributed by atoms with E-state index in [-0.39, 0.29) is 12.0 Å². The Balaban J connectivity index is 2.63. The van der Waals surface area contributed by atoms with Gasteiger partial charge in [0.2, 0.25) is 0 Å². The fourth-order valence-electron chi connectivity index (χ4n) is 1.60. The number of rotatable bonds is 1. The zero-order valence-electron chi connectivity index (χ0n) is 7.47. The van der Waals surface area contributed by atoms with Gasteiger partial charge in [-0.15, -0.1) is 0 Å². The lowest BCUT2D eigenvalue weighted by Gasteiger charge is -2.39. The molecule has 1 aliphatic heterocycles. The van der Waals surface area contributed by atoms with Crippen LogP contribution < -0.4 is 5.73 Å². The van der Waals surface area contributed by atoms with E-state index in [1.807, 2.05) is 13.8 Å². The first-order valence-electron chi connectivity index (χ1n) is 4.35. The molecule has 1 rings (SSSR count). The fraction of sp³-hybridized carbons (Fsp3) is 1.00. The van der Waals surface area contributed by atoms with Gasteiger partial charge in [0.25, 0.3) is 0 Å². The van der Waals surface area contributed by atoms with Gasteiger partial charge in [-0.2, -0.15) is 0 Å². The van der Waals surface area contributed by atoms with Gasteiger partial charge in [-0.1, -0.05) is 13.8 Å². The second-order valence-corrected chi connectivity index (χ2v) is 3.40. The van der Waals surface area contributed by atoms with E-state index in [9.17, 15) is 10.2 Å². The summed E-state index contributed by atoms with van der Waals surface area (Å²) in [7, 11) is 0. The first-order valence-corrected chi connectivity index (χ1v) is 4.35. The van der Waals surface area contributed by atoms with Crippen molar-refractivity contribution in [1.82, 2.24) is 0 Å². The second-order valence-electron chi connectivity index (χ2n) is 3.40. The van der Waals surface area contributed by atoms with Gasteiger partial charge in [0.15, 0.2) is 6.29 Å². The summed E-state index contributed by atoms with van der Waals surface area (Å²) in [5.41, 5.74) is 5.50. The van der Waals surface area contributed by atoms with E-state index >= 15 is 0 Å². The van der Waals surface area contributed by atoms with Crippen molar-refractivity contribution in [2.24, 2.45) is 11.7 Å². The topological polar surface area (TPSA) is 75.7 Å². The van der Waals surface area contributed by atoms with Crippen LogP contribution in [0.5, 0.6) is 0 Å². The molecule has 0 aliphatic carbocycles. The highest BCUT2D eigenvalue weighted by Crippen LogP contribution is 2.25. The van der Waals surface area contributed by atoms with E-state index < -0.39 is 18.4 Å². The Morgan fingerprint density at radius 1 is 1.42 bits per heavy atom. The Kier molecular flexibility index (Phi) is 3.06. The Morgan fingerprint density at radius 2 is 2.00 bits per heavy atom. The minimum absolute atomic E-state index is 0.00611. The molecule has 4 nitrogen and oxygen atoms in total. The maximum absolute atomic E-state index is 9.55. The molecule has 0 aromatic rings. The molecule has 0 aromatic heterocycles. The lowest BCUT2D eigenvalue weighted by molar-refractivity contribution is -0.222. The van der Waals surface area contributed by atoms with Crippen molar-refractivity contribution in [3.8, 4) is 0 Å². The van der Waals surface area contributed by atoms with E-state index in [2.05, 4.69) is 0 Å². The molecule has 5 atom stereocenters. The summed E-state index contributed by atoms with van der Waals surface area (Å²) in [6, 6.07) is -0.678. The second kappa shape index (κ2) is 3.70. The summed E-state index contributed by atoms with van der Waals surface area (Å²) in [6.45, 7) is 3.84. The summed E-state index contributed by atoms with van der Waals surface area (Å²) in [5, 5.41) is 18.8. The van der Waals surface area contributed by atoms with Gasteiger partial charge in [0.05, 0.1) is 18.2 Å². The van der Waals surface area contributed by atoms with Crippen molar-refractivity contribution in [3.63, 3.8) is 0 Å². The third-order valence-corrected chi connectivity index (χ3v) is 2.57. The van der Waals surface area contributed by atoms with Gasteiger partial charge in [-0.05, 0) is 6.42 Å². The lowest BCUT2D eigenvalue weighted by atomic mass is 9.88. The first-order chi connectivity index (χ1) is 5.57. The van der Waals surface area contributed by atoms with Crippen LogP contribution in [0.3, 0.4) is 0 Å². The van der Waals surface area contributed by atoms with Crippen LogP contribution in [0, 0.1) is 5.92 Å². The van der Waals surface area contributed by atoms with Crippen molar-refractivity contribution in [2.45, 2.75) is 44.8 Å². The highest BCUT2D eigenvalue weighted by Gasteiger charge is 2.39. The Bertz CT molecular complexity index is 148. The molecule has 4 N–H and O–H groups in total. The van der Waals surface area contributed by atoms with Gasteiger partial charge in [0, 0.05) is 5.92 Å². The van der Waals surface area contributed by atoms with Gasteiger partial charge in [-0.3, -0.25) is 0 Å². The van der Waals surface area contributed by atoms with Crippen LogP contribution in [0.1, 0.15) is 20.3 Å². The monoisotopic (exact) mass is 175 g/mol. The number of nitrogens with two attached hydrogens (primary N) is 1. The van der Waals surface area contributed by atoms with Crippen molar-refractivity contribution < 1.29 is 14.9 Å². The smallest absolute Gasteiger partial charge is 0.172 e. The molecule has 1 aliphatic rings. The Hall–Kier alpha value is -0.160. The number of hydrogen-bond donors (Lipinski definition) is 3. The Labute approximate surface area is 72.3 Å². The lowest BCUT2D eigenvalue weighted by Crippen LogP contribution is -2.57. The highest BCUT2D eigenvalue weighted by atomic mass is 16.6. The van der Waals surface area contributed by atoms with Crippen LogP contribution in [-0.2, 0) is 4.74 Å². The van der Waals surface area contributed by atoms with Gasteiger partial charge in [0.1, 0.15) is 0 Å². The zero-order chi connectivity index (χ0) is 9.30. The molecule has 3 unspecified atom stereocenters. The molecule has 72 valence electrons. The normalized spacial score (nSPS) is 49.2. The maximum atomic E-state index is 9.55. The predicted octanol–water partition coefficient (Wildman–Crippen LogP) is -0.562. The molecule has 0 amide bonds. The SMILES string of the molecule is CCC1O[C@@H](O)C(N)C(O)[C@H]1C. The van der Waals surface area contributed by atoms with Gasteiger partial charge in [-0.25, -0.2) is 0 Å². The molecule has 0 aromatic carbocycles. The van der Waals surface area contributed by atoms with Crippen molar-refractivity contribution in [3.05, 3.63) is 0 Å². The van der Waals surface area contributed by atoms with Gasteiger partial charge < -0.3 is 20.7 Å². The quantitative estimate of drug-likeness (QED) is 0.499. The van der Waals surface area contributed by atoms with Crippen molar-refractivity contribution in [1.29, 1.82) is 0 Å². The number of aliphatic hydroxyl groups excluding tert-OH is 2. The molecule has 12 heavy (non-hydrogen) atoms. The maximum Gasteiger partial charge on any atom is 0.172 e. The molecule has 1 heterocycles. The van der Waals surface area contributed by atoms with Crippen LogP contribution in [0.2, 0.25) is 0 Å². The van der Waals surface area contributed by atoms with Gasteiger partial charge >= 0.3 is 0 Å². The summed E-state index contributed by atoms with van der Waals surface area (Å²) in [6.07, 6.45) is -1.00.